The molecule has 1 aromatic heterocycles. The number of hydrogen-bond acceptors (Lipinski definition) is 3. The normalized spacial score (nSPS) is 12.4. The van der Waals surface area contributed by atoms with Crippen LogP contribution >= 0.6 is 0 Å². The summed E-state index contributed by atoms with van der Waals surface area (Å²) in [5, 5.41) is 4.15. The molecule has 0 radical (unpaired) electrons. The molecule has 0 saturated carbocycles. The first kappa shape index (κ1) is 14.5. The molecule has 2 aromatic rings. The molecule has 0 fully saturated rings. The van der Waals surface area contributed by atoms with Crippen LogP contribution in [0.15, 0.2) is 24.4 Å². The number of hydrogen-bond donors (Lipinski definition) is 1. The van der Waals surface area contributed by atoms with Crippen LogP contribution in [0.5, 0.6) is 5.75 Å². The predicted octanol–water partition coefficient (Wildman–Crippen LogP) is 2.63. The zero-order valence-electron chi connectivity index (χ0n) is 11.4. The summed E-state index contributed by atoms with van der Waals surface area (Å²) < 4.78 is 34.5. The minimum Gasteiger partial charge on any atom is -0.493 e. The molecule has 2 N–H and O–H groups in total. The van der Waals surface area contributed by atoms with Crippen molar-refractivity contribution in [1.82, 2.24) is 9.78 Å². The molecule has 4 nitrogen and oxygen atoms in total. The predicted molar refractivity (Wildman–Crippen MR) is 71.5 cm³/mol. The Bertz CT molecular complexity index is 578. The minimum absolute atomic E-state index is 0.177. The van der Waals surface area contributed by atoms with E-state index in [2.05, 4.69) is 5.10 Å². The van der Waals surface area contributed by atoms with E-state index in [0.29, 0.717) is 18.0 Å². The van der Waals surface area contributed by atoms with Crippen molar-refractivity contribution in [3.63, 3.8) is 0 Å². The Morgan fingerprint density at radius 2 is 2.00 bits per heavy atom. The highest BCUT2D eigenvalue weighted by molar-refractivity contribution is 5.37. The molecule has 1 aromatic carbocycles. The molecular weight excluding hydrogens is 264 g/mol. The first-order chi connectivity index (χ1) is 9.60. The third-order valence-corrected chi connectivity index (χ3v) is 3.11. The average Bonchev–Trinajstić information content (AvgIpc) is 2.81. The third-order valence-electron chi connectivity index (χ3n) is 3.11. The van der Waals surface area contributed by atoms with Crippen LogP contribution in [0.3, 0.4) is 0 Å². The number of rotatable bonds is 5. The lowest BCUT2D eigenvalue weighted by Gasteiger charge is -2.17. The van der Waals surface area contributed by atoms with Gasteiger partial charge in [-0.3, -0.25) is 4.68 Å². The van der Waals surface area contributed by atoms with Crippen molar-refractivity contribution in [2.45, 2.75) is 25.9 Å². The second kappa shape index (κ2) is 6.00. The fourth-order valence-electron chi connectivity index (χ4n) is 2.18. The van der Waals surface area contributed by atoms with Crippen LogP contribution in [0.4, 0.5) is 8.78 Å². The first-order valence-electron chi connectivity index (χ1n) is 6.39. The molecule has 0 spiro atoms. The van der Waals surface area contributed by atoms with Gasteiger partial charge in [0.05, 0.1) is 19.3 Å². The quantitative estimate of drug-likeness (QED) is 0.916. The van der Waals surface area contributed by atoms with Gasteiger partial charge in [-0.05, 0) is 18.6 Å². The summed E-state index contributed by atoms with van der Waals surface area (Å²) >= 11 is 0. The van der Waals surface area contributed by atoms with E-state index in [9.17, 15) is 8.78 Å². The summed E-state index contributed by atoms with van der Waals surface area (Å²) in [6.45, 7) is 2.58. The molecule has 2 rings (SSSR count). The smallest absolute Gasteiger partial charge is 0.161 e. The molecular formula is C14H17F2N3O. The lowest BCUT2D eigenvalue weighted by atomic mass is 10.0. The van der Waals surface area contributed by atoms with Gasteiger partial charge in [-0.25, -0.2) is 8.78 Å². The number of nitrogens with zero attached hydrogens (tertiary/aromatic N) is 2. The highest BCUT2D eigenvalue weighted by atomic mass is 19.1. The Hall–Kier alpha value is -1.95. The fourth-order valence-corrected chi connectivity index (χ4v) is 2.18. The van der Waals surface area contributed by atoms with Crippen LogP contribution in [0.2, 0.25) is 0 Å². The van der Waals surface area contributed by atoms with E-state index in [1.54, 1.807) is 4.68 Å². The molecule has 0 aliphatic heterocycles. The van der Waals surface area contributed by atoms with Crippen molar-refractivity contribution in [2.75, 3.05) is 7.11 Å². The Morgan fingerprint density at radius 1 is 1.35 bits per heavy atom. The monoisotopic (exact) mass is 281 g/mol. The van der Waals surface area contributed by atoms with E-state index in [0.717, 1.165) is 6.42 Å². The molecule has 0 aliphatic rings. The van der Waals surface area contributed by atoms with E-state index in [1.165, 1.54) is 31.5 Å². The van der Waals surface area contributed by atoms with Gasteiger partial charge in [0.1, 0.15) is 17.3 Å². The zero-order chi connectivity index (χ0) is 14.7. The highest BCUT2D eigenvalue weighted by Crippen LogP contribution is 2.31. The molecule has 0 saturated heterocycles. The second-order valence-corrected chi connectivity index (χ2v) is 4.43. The first-order valence-corrected chi connectivity index (χ1v) is 6.39. The SMILES string of the molecule is CCCn1ncc(OC)c1C(N)c1c(F)cccc1F. The molecule has 1 unspecified atom stereocenters. The maximum absolute atomic E-state index is 13.9. The van der Waals surface area contributed by atoms with E-state index in [1.807, 2.05) is 6.92 Å². The Labute approximate surface area is 116 Å². The number of halogens is 2. The second-order valence-electron chi connectivity index (χ2n) is 4.43. The van der Waals surface area contributed by atoms with Gasteiger partial charge in [0, 0.05) is 12.1 Å². The van der Waals surface area contributed by atoms with E-state index in [-0.39, 0.29) is 5.56 Å². The Balaban J connectivity index is 2.52. The molecule has 0 amide bonds. The van der Waals surface area contributed by atoms with E-state index >= 15 is 0 Å². The van der Waals surface area contributed by atoms with Crippen LogP contribution in [-0.2, 0) is 6.54 Å². The standard InChI is InChI=1S/C14H17F2N3O/c1-3-7-19-14(11(20-2)8-18-19)13(17)12-9(15)5-4-6-10(12)16/h4-6,8,13H,3,7,17H2,1-2H3. The maximum Gasteiger partial charge on any atom is 0.161 e. The largest absolute Gasteiger partial charge is 0.493 e. The van der Waals surface area contributed by atoms with Crippen molar-refractivity contribution >= 4 is 0 Å². The van der Waals surface area contributed by atoms with Crippen molar-refractivity contribution in [1.29, 1.82) is 0 Å². The minimum atomic E-state index is -0.972. The van der Waals surface area contributed by atoms with E-state index < -0.39 is 17.7 Å². The van der Waals surface area contributed by atoms with Gasteiger partial charge in [0.15, 0.2) is 5.75 Å². The molecule has 1 atom stereocenters. The molecule has 0 aliphatic carbocycles. The van der Waals surface area contributed by atoms with Crippen molar-refractivity contribution in [2.24, 2.45) is 5.73 Å². The summed E-state index contributed by atoms with van der Waals surface area (Å²) in [6.07, 6.45) is 2.33. The zero-order valence-corrected chi connectivity index (χ0v) is 11.4. The number of nitrogens with two attached hydrogens (primary N) is 1. The number of ether oxygens (including phenoxy) is 1. The number of aromatic nitrogens is 2. The van der Waals surface area contributed by atoms with Gasteiger partial charge in [0.2, 0.25) is 0 Å². The summed E-state index contributed by atoms with van der Waals surface area (Å²) in [5.74, 6) is -0.929. The highest BCUT2D eigenvalue weighted by Gasteiger charge is 2.25. The van der Waals surface area contributed by atoms with Crippen LogP contribution in [0.1, 0.15) is 30.6 Å². The van der Waals surface area contributed by atoms with Gasteiger partial charge < -0.3 is 10.5 Å². The summed E-state index contributed by atoms with van der Waals surface area (Å²) in [6, 6.07) is 2.71. The van der Waals surface area contributed by atoms with Crippen LogP contribution < -0.4 is 10.5 Å². The lowest BCUT2D eigenvalue weighted by molar-refractivity contribution is 0.402. The third kappa shape index (κ3) is 2.51. The molecule has 108 valence electrons. The van der Waals surface area contributed by atoms with Crippen LogP contribution in [0.25, 0.3) is 0 Å². The molecule has 1 heterocycles. The summed E-state index contributed by atoms with van der Waals surface area (Å²) in [7, 11) is 1.47. The van der Waals surface area contributed by atoms with Gasteiger partial charge in [0.25, 0.3) is 0 Å². The molecule has 6 heteroatoms. The van der Waals surface area contributed by atoms with Crippen LogP contribution in [-0.4, -0.2) is 16.9 Å². The van der Waals surface area contributed by atoms with Crippen molar-refractivity contribution < 1.29 is 13.5 Å². The van der Waals surface area contributed by atoms with Crippen molar-refractivity contribution in [3.05, 3.63) is 47.3 Å². The van der Waals surface area contributed by atoms with Crippen molar-refractivity contribution in [3.8, 4) is 5.75 Å². The fraction of sp³-hybridized carbons (Fsp3) is 0.357. The average molecular weight is 281 g/mol. The number of methoxy groups -OCH3 is 1. The topological polar surface area (TPSA) is 53.1 Å². The number of benzene rings is 1. The van der Waals surface area contributed by atoms with Gasteiger partial charge in [-0.15, -0.1) is 0 Å². The number of aryl methyl sites for hydroxylation is 1. The van der Waals surface area contributed by atoms with E-state index in [4.69, 9.17) is 10.5 Å². The molecule has 20 heavy (non-hydrogen) atoms. The van der Waals surface area contributed by atoms with Crippen LogP contribution in [0, 0.1) is 11.6 Å². The molecule has 0 bridgehead atoms. The summed E-state index contributed by atoms with van der Waals surface area (Å²) in [5.41, 5.74) is 6.34. The van der Waals surface area contributed by atoms with Gasteiger partial charge in [-0.1, -0.05) is 13.0 Å². The maximum atomic E-state index is 13.9. The Kier molecular flexibility index (Phi) is 4.34. The van der Waals surface area contributed by atoms with Gasteiger partial charge >= 0.3 is 0 Å². The summed E-state index contributed by atoms with van der Waals surface area (Å²) in [4.78, 5) is 0. The Morgan fingerprint density at radius 3 is 2.55 bits per heavy atom. The van der Waals surface area contributed by atoms with Gasteiger partial charge in [-0.2, -0.15) is 5.10 Å². The lowest BCUT2D eigenvalue weighted by Crippen LogP contribution is -2.21.